The van der Waals surface area contributed by atoms with Crippen LogP contribution in [0.5, 0.6) is 0 Å². The van der Waals surface area contributed by atoms with Crippen LogP contribution < -0.4 is 10.4 Å². The molecule has 0 radical (unpaired) electrons. The van der Waals surface area contributed by atoms with Crippen molar-refractivity contribution < 1.29 is 4.79 Å². The van der Waals surface area contributed by atoms with E-state index in [1.165, 1.54) is 0 Å². The molecule has 0 aliphatic rings. The van der Waals surface area contributed by atoms with Crippen LogP contribution in [0.1, 0.15) is 15.9 Å². The molecule has 28 heavy (non-hydrogen) atoms. The molecule has 4 rings (SSSR count). The summed E-state index contributed by atoms with van der Waals surface area (Å²) in [7, 11) is 1.75. The summed E-state index contributed by atoms with van der Waals surface area (Å²) < 4.78 is 0. The van der Waals surface area contributed by atoms with Crippen molar-refractivity contribution in [1.82, 2.24) is 10.4 Å². The lowest BCUT2D eigenvalue weighted by Crippen LogP contribution is -2.41. The summed E-state index contributed by atoms with van der Waals surface area (Å²) in [6, 6.07) is 27.4. The zero-order valence-corrected chi connectivity index (χ0v) is 15.9. The lowest BCUT2D eigenvalue weighted by molar-refractivity contribution is 0.0978. The number of hydrogen-bond donors (Lipinski definition) is 1. The Hall–Kier alpha value is -3.50. The molecule has 0 aliphatic carbocycles. The number of carbonyl (C=O) groups excluding carboxylic acids is 1. The van der Waals surface area contributed by atoms with Gasteiger partial charge < -0.3 is 0 Å². The van der Waals surface area contributed by atoms with Gasteiger partial charge in [0.2, 0.25) is 0 Å². The molecule has 0 saturated carbocycles. The van der Waals surface area contributed by atoms with Gasteiger partial charge in [-0.05, 0) is 30.7 Å². The molecule has 0 bridgehead atoms. The number of rotatable bonds is 4. The van der Waals surface area contributed by atoms with E-state index in [-0.39, 0.29) is 5.91 Å². The molecule has 1 N–H and O–H groups in total. The third-order valence-corrected chi connectivity index (χ3v) is 4.84. The number of fused-ring (bicyclic) bond motifs is 1. The van der Waals surface area contributed by atoms with Crippen LogP contribution in [-0.4, -0.2) is 17.9 Å². The largest absolute Gasteiger partial charge is 0.273 e. The smallest absolute Gasteiger partial charge is 0.267 e. The Morgan fingerprint density at radius 1 is 0.857 bits per heavy atom. The average Bonchev–Trinajstić information content (AvgIpc) is 2.75. The molecular weight excluding hydrogens is 346 g/mol. The lowest BCUT2D eigenvalue weighted by atomic mass is 9.97. The molecule has 3 aromatic carbocycles. The quantitative estimate of drug-likeness (QED) is 0.517. The van der Waals surface area contributed by atoms with Crippen molar-refractivity contribution in [3.8, 4) is 11.3 Å². The summed E-state index contributed by atoms with van der Waals surface area (Å²) in [5.74, 6) is -0.109. The van der Waals surface area contributed by atoms with Gasteiger partial charge in [0.1, 0.15) is 0 Å². The van der Waals surface area contributed by atoms with Crippen molar-refractivity contribution in [1.29, 1.82) is 0 Å². The molecule has 0 unspecified atom stereocenters. The fourth-order valence-electron chi connectivity index (χ4n) is 3.50. The summed E-state index contributed by atoms with van der Waals surface area (Å²) in [5, 5.41) is 2.42. The van der Waals surface area contributed by atoms with Crippen LogP contribution in [0.2, 0.25) is 0 Å². The predicted octanol–water partition coefficient (Wildman–Crippen LogP) is 4.99. The number of para-hydroxylation sites is 2. The Morgan fingerprint density at radius 2 is 1.46 bits per heavy atom. The van der Waals surface area contributed by atoms with E-state index in [9.17, 15) is 4.79 Å². The normalized spacial score (nSPS) is 10.8. The van der Waals surface area contributed by atoms with Crippen molar-refractivity contribution in [2.75, 3.05) is 12.1 Å². The summed E-state index contributed by atoms with van der Waals surface area (Å²) in [6.07, 6.45) is 0. The number of hydrogen-bond acceptors (Lipinski definition) is 3. The third-order valence-electron chi connectivity index (χ3n) is 4.84. The van der Waals surface area contributed by atoms with Gasteiger partial charge in [-0.2, -0.15) is 0 Å². The maximum Gasteiger partial charge on any atom is 0.273 e. The predicted molar refractivity (Wildman–Crippen MR) is 114 cm³/mol. The highest BCUT2D eigenvalue weighted by molar-refractivity contribution is 6.15. The van der Waals surface area contributed by atoms with E-state index < -0.39 is 0 Å². The molecule has 0 fully saturated rings. The summed E-state index contributed by atoms with van der Waals surface area (Å²) in [4.78, 5) is 18.5. The molecular formula is C24H21N3O. The number of benzene rings is 3. The van der Waals surface area contributed by atoms with E-state index in [0.717, 1.165) is 33.4 Å². The number of carbonyl (C=O) groups is 1. The second kappa shape index (κ2) is 7.62. The van der Waals surface area contributed by atoms with Gasteiger partial charge >= 0.3 is 0 Å². The molecule has 1 amide bonds. The second-order valence-corrected chi connectivity index (χ2v) is 6.54. The van der Waals surface area contributed by atoms with E-state index in [4.69, 9.17) is 4.98 Å². The maximum atomic E-state index is 13.6. The van der Waals surface area contributed by atoms with Crippen LogP contribution in [0, 0.1) is 6.92 Å². The van der Waals surface area contributed by atoms with Gasteiger partial charge in [0.05, 0.1) is 22.5 Å². The van der Waals surface area contributed by atoms with Gasteiger partial charge in [0.15, 0.2) is 0 Å². The molecule has 4 aromatic rings. The minimum Gasteiger partial charge on any atom is -0.267 e. The topological polar surface area (TPSA) is 45.2 Å². The number of nitrogens with one attached hydrogen (secondary N) is 1. The lowest BCUT2D eigenvalue weighted by Gasteiger charge is -2.24. The number of anilines is 1. The Morgan fingerprint density at radius 3 is 2.14 bits per heavy atom. The van der Waals surface area contributed by atoms with Crippen molar-refractivity contribution in [3.05, 3.63) is 96.1 Å². The Bertz CT molecular complexity index is 1120. The summed E-state index contributed by atoms with van der Waals surface area (Å²) in [6.45, 7) is 1.97. The summed E-state index contributed by atoms with van der Waals surface area (Å²) in [5.41, 5.74) is 7.97. The van der Waals surface area contributed by atoms with Crippen molar-refractivity contribution >= 4 is 22.5 Å². The van der Waals surface area contributed by atoms with Gasteiger partial charge in [-0.15, -0.1) is 0 Å². The van der Waals surface area contributed by atoms with Crippen LogP contribution >= 0.6 is 0 Å². The van der Waals surface area contributed by atoms with Gasteiger partial charge in [-0.25, -0.2) is 15.4 Å². The Balaban J connectivity index is 1.95. The first kappa shape index (κ1) is 17.9. The minimum absolute atomic E-state index is 0.109. The first-order valence-electron chi connectivity index (χ1n) is 9.22. The van der Waals surface area contributed by atoms with Gasteiger partial charge in [-0.3, -0.25) is 4.79 Å². The highest BCUT2D eigenvalue weighted by Crippen LogP contribution is 2.31. The van der Waals surface area contributed by atoms with Gasteiger partial charge in [-0.1, -0.05) is 66.7 Å². The first-order valence-corrected chi connectivity index (χ1v) is 9.22. The SMILES string of the molecule is CNN(C(=O)c1c(C)c(-c2ccccc2)nc2ccccc12)c1ccccc1. The fourth-order valence-corrected chi connectivity index (χ4v) is 3.50. The van der Waals surface area contributed by atoms with Crippen LogP contribution in [0.15, 0.2) is 84.9 Å². The van der Waals surface area contributed by atoms with Crippen LogP contribution in [0.3, 0.4) is 0 Å². The second-order valence-electron chi connectivity index (χ2n) is 6.54. The molecule has 0 atom stereocenters. The molecule has 1 heterocycles. The Labute approximate surface area is 164 Å². The monoisotopic (exact) mass is 367 g/mol. The number of aromatic nitrogens is 1. The van der Waals surface area contributed by atoms with Crippen molar-refractivity contribution in [2.45, 2.75) is 6.92 Å². The van der Waals surface area contributed by atoms with E-state index in [1.807, 2.05) is 91.9 Å². The highest BCUT2D eigenvalue weighted by Gasteiger charge is 2.23. The number of pyridine rings is 1. The standard InChI is InChI=1S/C24H21N3O/c1-17-22(24(28)27(25-2)19-13-7-4-8-14-19)20-15-9-10-16-21(20)26-23(17)18-11-5-3-6-12-18/h3-16,25H,1-2H3. The van der Waals surface area contributed by atoms with Crippen LogP contribution in [0.4, 0.5) is 5.69 Å². The highest BCUT2D eigenvalue weighted by atomic mass is 16.2. The molecule has 0 saturated heterocycles. The molecule has 138 valence electrons. The Kier molecular flexibility index (Phi) is 4.87. The molecule has 4 heteroatoms. The van der Waals surface area contributed by atoms with E-state index in [2.05, 4.69) is 5.43 Å². The first-order chi connectivity index (χ1) is 13.7. The third kappa shape index (κ3) is 3.15. The average molecular weight is 367 g/mol. The molecule has 0 aliphatic heterocycles. The molecule has 4 nitrogen and oxygen atoms in total. The maximum absolute atomic E-state index is 13.6. The zero-order chi connectivity index (χ0) is 19.5. The van der Waals surface area contributed by atoms with Gasteiger partial charge in [0, 0.05) is 18.0 Å². The van der Waals surface area contributed by atoms with Crippen LogP contribution in [-0.2, 0) is 0 Å². The summed E-state index contributed by atoms with van der Waals surface area (Å²) >= 11 is 0. The molecule has 1 aromatic heterocycles. The van der Waals surface area contributed by atoms with Crippen molar-refractivity contribution in [3.63, 3.8) is 0 Å². The number of amides is 1. The van der Waals surface area contributed by atoms with Crippen molar-refractivity contribution in [2.24, 2.45) is 0 Å². The zero-order valence-electron chi connectivity index (χ0n) is 15.9. The van der Waals surface area contributed by atoms with E-state index >= 15 is 0 Å². The molecule has 0 spiro atoms. The van der Waals surface area contributed by atoms with E-state index in [1.54, 1.807) is 12.1 Å². The van der Waals surface area contributed by atoms with E-state index in [0.29, 0.717) is 5.56 Å². The minimum atomic E-state index is -0.109. The van der Waals surface area contributed by atoms with Gasteiger partial charge in [0.25, 0.3) is 5.91 Å². The number of nitrogens with zero attached hydrogens (tertiary/aromatic N) is 2. The number of hydrazine groups is 1. The fraction of sp³-hybridized carbons (Fsp3) is 0.0833. The van der Waals surface area contributed by atoms with Crippen LogP contribution in [0.25, 0.3) is 22.2 Å².